The lowest BCUT2D eigenvalue weighted by molar-refractivity contribution is 0.0787. The Morgan fingerprint density at radius 1 is 1.24 bits per heavy atom. The molecule has 1 N–H and O–H groups in total. The summed E-state index contributed by atoms with van der Waals surface area (Å²) in [6.07, 6.45) is 3.74. The van der Waals surface area contributed by atoms with Crippen molar-refractivity contribution in [2.24, 2.45) is 0 Å². The second kappa shape index (κ2) is 7.38. The van der Waals surface area contributed by atoms with Crippen molar-refractivity contribution in [3.05, 3.63) is 47.5 Å². The van der Waals surface area contributed by atoms with Crippen molar-refractivity contribution in [2.45, 2.75) is 19.4 Å². The summed E-state index contributed by atoms with van der Waals surface area (Å²) >= 11 is 0. The summed E-state index contributed by atoms with van der Waals surface area (Å²) in [4.78, 5) is 32.1. The lowest BCUT2D eigenvalue weighted by Gasteiger charge is -2.17. The van der Waals surface area contributed by atoms with Gasteiger partial charge in [0.15, 0.2) is 5.76 Å². The molecule has 0 radical (unpaired) electrons. The summed E-state index contributed by atoms with van der Waals surface area (Å²) in [6, 6.07) is 6.93. The summed E-state index contributed by atoms with van der Waals surface area (Å²) in [6.45, 7) is 1.93. The van der Waals surface area contributed by atoms with E-state index in [1.54, 1.807) is 44.6 Å². The number of nitrogens with zero attached hydrogens (tertiary/aromatic N) is 3. The summed E-state index contributed by atoms with van der Waals surface area (Å²) in [7, 11) is 3.35. The summed E-state index contributed by atoms with van der Waals surface area (Å²) in [5.41, 5.74) is 0.556. The van der Waals surface area contributed by atoms with E-state index < -0.39 is 0 Å². The first-order valence-electron chi connectivity index (χ1n) is 8.35. The zero-order valence-electron chi connectivity index (χ0n) is 14.5. The van der Waals surface area contributed by atoms with Crippen molar-refractivity contribution in [1.82, 2.24) is 14.8 Å². The van der Waals surface area contributed by atoms with Crippen LogP contribution in [-0.4, -0.2) is 53.8 Å². The smallest absolute Gasteiger partial charge is 0.289 e. The largest absolute Gasteiger partial charge is 0.454 e. The Morgan fingerprint density at radius 2 is 2.00 bits per heavy atom. The number of aromatic nitrogens is 1. The maximum absolute atomic E-state index is 12.6. The molecule has 25 heavy (non-hydrogen) atoms. The first-order chi connectivity index (χ1) is 12.1. The van der Waals surface area contributed by atoms with E-state index in [0.29, 0.717) is 23.7 Å². The molecule has 0 bridgehead atoms. The quantitative estimate of drug-likeness (QED) is 0.901. The molecule has 2 aromatic heterocycles. The fourth-order valence-corrected chi connectivity index (χ4v) is 2.79. The van der Waals surface area contributed by atoms with Gasteiger partial charge >= 0.3 is 0 Å². The van der Waals surface area contributed by atoms with Gasteiger partial charge in [0.1, 0.15) is 11.6 Å². The zero-order valence-corrected chi connectivity index (χ0v) is 14.5. The van der Waals surface area contributed by atoms with Crippen LogP contribution in [-0.2, 0) is 6.54 Å². The van der Waals surface area contributed by atoms with E-state index in [9.17, 15) is 9.59 Å². The van der Waals surface area contributed by atoms with Crippen LogP contribution in [0, 0.1) is 0 Å². The molecule has 3 rings (SSSR count). The molecule has 0 unspecified atom stereocenters. The average molecular weight is 342 g/mol. The molecule has 7 nitrogen and oxygen atoms in total. The third-order valence-electron chi connectivity index (χ3n) is 4.14. The molecule has 0 atom stereocenters. The molecule has 1 aliphatic rings. The molecule has 2 aromatic rings. The summed E-state index contributed by atoms with van der Waals surface area (Å²) in [5.74, 6) is 1.23. The van der Waals surface area contributed by atoms with Gasteiger partial charge in [-0.05, 0) is 37.1 Å². The molecule has 132 valence electrons. The van der Waals surface area contributed by atoms with Gasteiger partial charge in [-0.1, -0.05) is 0 Å². The number of hydrogen-bond donors (Lipinski definition) is 1. The summed E-state index contributed by atoms with van der Waals surface area (Å²) < 4.78 is 5.55. The van der Waals surface area contributed by atoms with Crippen LogP contribution in [0.2, 0.25) is 0 Å². The lowest BCUT2D eigenvalue weighted by atomic mass is 10.2. The molecule has 0 saturated carbocycles. The monoisotopic (exact) mass is 342 g/mol. The van der Waals surface area contributed by atoms with E-state index in [1.165, 1.54) is 4.90 Å². The minimum Gasteiger partial charge on any atom is -0.454 e. The molecular weight excluding hydrogens is 320 g/mol. The van der Waals surface area contributed by atoms with Crippen LogP contribution in [0.3, 0.4) is 0 Å². The maximum atomic E-state index is 12.6. The standard InChI is InChI=1S/C18H22N4O3/c1-21(2)18(24)15-8-7-13(25-15)12-20-16-14(6-5-9-19-16)17(23)22-10-3-4-11-22/h5-9H,3-4,10-12H2,1-2H3,(H,19,20). The van der Waals surface area contributed by atoms with E-state index in [-0.39, 0.29) is 17.6 Å². The molecule has 0 spiro atoms. The Morgan fingerprint density at radius 3 is 2.72 bits per heavy atom. The average Bonchev–Trinajstić information content (AvgIpc) is 3.30. The van der Waals surface area contributed by atoms with Gasteiger partial charge in [-0.3, -0.25) is 9.59 Å². The van der Waals surface area contributed by atoms with Crippen molar-refractivity contribution >= 4 is 17.6 Å². The summed E-state index contributed by atoms with van der Waals surface area (Å²) in [5, 5.41) is 3.14. The molecule has 2 amide bonds. The lowest BCUT2D eigenvalue weighted by Crippen LogP contribution is -2.28. The normalized spacial score (nSPS) is 13.8. The van der Waals surface area contributed by atoms with Crippen LogP contribution in [0.5, 0.6) is 0 Å². The third kappa shape index (κ3) is 3.81. The van der Waals surface area contributed by atoms with Gasteiger partial charge in [0.2, 0.25) is 0 Å². The van der Waals surface area contributed by atoms with Crippen LogP contribution in [0.25, 0.3) is 0 Å². The van der Waals surface area contributed by atoms with Crippen LogP contribution in [0.15, 0.2) is 34.9 Å². The molecule has 1 fully saturated rings. The number of anilines is 1. The van der Waals surface area contributed by atoms with Gasteiger partial charge in [0.05, 0.1) is 12.1 Å². The van der Waals surface area contributed by atoms with E-state index in [4.69, 9.17) is 4.42 Å². The van der Waals surface area contributed by atoms with Gasteiger partial charge in [0, 0.05) is 33.4 Å². The highest BCUT2D eigenvalue weighted by atomic mass is 16.4. The highest BCUT2D eigenvalue weighted by molar-refractivity contribution is 5.98. The van der Waals surface area contributed by atoms with Crippen molar-refractivity contribution in [3.8, 4) is 0 Å². The Labute approximate surface area is 146 Å². The number of pyridine rings is 1. The fourth-order valence-electron chi connectivity index (χ4n) is 2.79. The number of furan rings is 1. The van der Waals surface area contributed by atoms with Crippen molar-refractivity contribution in [2.75, 3.05) is 32.5 Å². The first-order valence-corrected chi connectivity index (χ1v) is 8.35. The van der Waals surface area contributed by atoms with Gasteiger partial charge in [-0.15, -0.1) is 0 Å². The Kier molecular flexibility index (Phi) is 5.02. The molecule has 1 saturated heterocycles. The van der Waals surface area contributed by atoms with Crippen molar-refractivity contribution < 1.29 is 14.0 Å². The van der Waals surface area contributed by atoms with Crippen LogP contribution < -0.4 is 5.32 Å². The second-order valence-corrected chi connectivity index (χ2v) is 6.22. The number of rotatable bonds is 5. The first kappa shape index (κ1) is 17.0. The maximum Gasteiger partial charge on any atom is 0.289 e. The third-order valence-corrected chi connectivity index (χ3v) is 4.14. The van der Waals surface area contributed by atoms with E-state index >= 15 is 0 Å². The van der Waals surface area contributed by atoms with Crippen molar-refractivity contribution in [1.29, 1.82) is 0 Å². The second-order valence-electron chi connectivity index (χ2n) is 6.22. The topological polar surface area (TPSA) is 78.7 Å². The minimum atomic E-state index is -0.186. The predicted molar refractivity (Wildman–Crippen MR) is 93.4 cm³/mol. The number of nitrogens with one attached hydrogen (secondary N) is 1. The highest BCUT2D eigenvalue weighted by Crippen LogP contribution is 2.19. The number of hydrogen-bond acceptors (Lipinski definition) is 5. The number of carbonyl (C=O) groups excluding carboxylic acids is 2. The van der Waals surface area contributed by atoms with Gasteiger partial charge in [0.25, 0.3) is 11.8 Å². The molecule has 1 aliphatic heterocycles. The molecule has 3 heterocycles. The highest BCUT2D eigenvalue weighted by Gasteiger charge is 2.22. The van der Waals surface area contributed by atoms with E-state index in [0.717, 1.165) is 25.9 Å². The molecule has 0 aliphatic carbocycles. The Bertz CT molecular complexity index is 763. The van der Waals surface area contributed by atoms with Crippen LogP contribution in [0.4, 0.5) is 5.82 Å². The Balaban J connectivity index is 1.69. The predicted octanol–water partition coefficient (Wildman–Crippen LogP) is 2.22. The van der Waals surface area contributed by atoms with Crippen LogP contribution >= 0.6 is 0 Å². The van der Waals surface area contributed by atoms with E-state index in [2.05, 4.69) is 10.3 Å². The van der Waals surface area contributed by atoms with Gasteiger partial charge < -0.3 is 19.5 Å². The zero-order chi connectivity index (χ0) is 17.8. The molecular formula is C18H22N4O3. The van der Waals surface area contributed by atoms with Crippen molar-refractivity contribution in [3.63, 3.8) is 0 Å². The fraction of sp³-hybridized carbons (Fsp3) is 0.389. The number of amides is 2. The van der Waals surface area contributed by atoms with E-state index in [1.807, 2.05) is 4.90 Å². The number of carbonyl (C=O) groups is 2. The number of likely N-dealkylation sites (tertiary alicyclic amines) is 1. The Hall–Kier alpha value is -2.83. The minimum absolute atomic E-state index is 0.00369. The van der Waals surface area contributed by atoms with Gasteiger partial charge in [-0.2, -0.15) is 0 Å². The van der Waals surface area contributed by atoms with Crippen LogP contribution in [0.1, 0.15) is 39.5 Å². The van der Waals surface area contributed by atoms with Gasteiger partial charge in [-0.25, -0.2) is 4.98 Å². The molecule has 7 heteroatoms. The molecule has 0 aromatic carbocycles. The SMILES string of the molecule is CN(C)C(=O)c1ccc(CNc2ncccc2C(=O)N2CCCC2)o1.